The first-order valence-corrected chi connectivity index (χ1v) is 7.20. The van der Waals surface area contributed by atoms with Crippen molar-refractivity contribution in [3.63, 3.8) is 0 Å². The topological polar surface area (TPSA) is 57.9 Å². The number of hydrogen-bond donors (Lipinski definition) is 2. The molecular formula is C15H22N4. The Hall–Kier alpha value is -1.55. The van der Waals surface area contributed by atoms with Crippen molar-refractivity contribution in [3.05, 3.63) is 24.0 Å². The van der Waals surface area contributed by atoms with Crippen LogP contribution in [0.25, 0.3) is 11.0 Å². The van der Waals surface area contributed by atoms with Crippen molar-refractivity contribution in [2.24, 2.45) is 11.7 Å². The van der Waals surface area contributed by atoms with Crippen LogP contribution in [0.15, 0.2) is 18.2 Å². The summed E-state index contributed by atoms with van der Waals surface area (Å²) in [6.07, 6.45) is 3.39. The van der Waals surface area contributed by atoms with E-state index in [0.717, 1.165) is 42.3 Å². The SMILES string of the molecule is CC1CCN(c2ccc3nc(CCN)[nH]c3c2)CC1. The molecule has 0 radical (unpaired) electrons. The highest BCUT2D eigenvalue weighted by atomic mass is 15.1. The molecule has 0 saturated carbocycles. The molecule has 0 atom stereocenters. The van der Waals surface area contributed by atoms with Crippen LogP contribution >= 0.6 is 0 Å². The van der Waals surface area contributed by atoms with Gasteiger partial charge in [-0.3, -0.25) is 0 Å². The van der Waals surface area contributed by atoms with Crippen molar-refractivity contribution in [2.75, 3.05) is 24.5 Å². The third-order valence-electron chi connectivity index (χ3n) is 4.04. The van der Waals surface area contributed by atoms with E-state index in [1.165, 1.54) is 18.5 Å². The second-order valence-corrected chi connectivity index (χ2v) is 5.59. The maximum atomic E-state index is 5.57. The van der Waals surface area contributed by atoms with E-state index in [1.807, 2.05) is 0 Å². The first kappa shape index (κ1) is 12.5. The van der Waals surface area contributed by atoms with Gasteiger partial charge in [0, 0.05) is 25.2 Å². The second kappa shape index (κ2) is 5.21. The third-order valence-corrected chi connectivity index (χ3v) is 4.04. The van der Waals surface area contributed by atoms with Crippen LogP contribution in [0.4, 0.5) is 5.69 Å². The van der Waals surface area contributed by atoms with E-state index in [4.69, 9.17) is 5.73 Å². The van der Waals surface area contributed by atoms with Gasteiger partial charge in [-0.05, 0) is 43.5 Å². The Bertz CT molecular complexity index is 552. The van der Waals surface area contributed by atoms with Gasteiger partial charge in [0.25, 0.3) is 0 Å². The number of benzene rings is 1. The summed E-state index contributed by atoms with van der Waals surface area (Å²) in [5.74, 6) is 1.85. The average molecular weight is 258 g/mol. The monoisotopic (exact) mass is 258 g/mol. The third kappa shape index (κ3) is 2.59. The number of nitrogens with two attached hydrogens (primary N) is 1. The molecule has 1 fully saturated rings. The standard InChI is InChI=1S/C15H22N4/c1-11-5-8-19(9-6-11)12-2-3-13-14(10-12)18-15(17-13)4-7-16/h2-3,10-11H,4-9,16H2,1H3,(H,17,18). The molecule has 0 bridgehead atoms. The molecule has 4 nitrogen and oxygen atoms in total. The molecule has 3 rings (SSSR count). The normalized spacial score (nSPS) is 17.3. The van der Waals surface area contributed by atoms with E-state index in [-0.39, 0.29) is 0 Å². The Labute approximate surface area is 114 Å². The molecule has 0 amide bonds. The molecule has 1 saturated heterocycles. The van der Waals surface area contributed by atoms with Crippen LogP contribution in [0.5, 0.6) is 0 Å². The highest BCUT2D eigenvalue weighted by Crippen LogP contribution is 2.25. The predicted molar refractivity (Wildman–Crippen MR) is 79.5 cm³/mol. The zero-order valence-electron chi connectivity index (χ0n) is 11.5. The number of rotatable bonds is 3. The Morgan fingerprint density at radius 2 is 2.16 bits per heavy atom. The highest BCUT2D eigenvalue weighted by Gasteiger charge is 2.16. The van der Waals surface area contributed by atoms with Crippen LogP contribution in [-0.4, -0.2) is 29.6 Å². The highest BCUT2D eigenvalue weighted by molar-refractivity contribution is 5.79. The summed E-state index contributed by atoms with van der Waals surface area (Å²) in [5, 5.41) is 0. The summed E-state index contributed by atoms with van der Waals surface area (Å²) in [5.41, 5.74) is 9.05. The Kier molecular flexibility index (Phi) is 3.42. The molecule has 102 valence electrons. The molecule has 1 aliphatic heterocycles. The number of hydrogen-bond acceptors (Lipinski definition) is 3. The summed E-state index contributed by atoms with van der Waals surface area (Å²) in [6, 6.07) is 6.52. The maximum Gasteiger partial charge on any atom is 0.108 e. The van der Waals surface area contributed by atoms with Crippen molar-refractivity contribution in [2.45, 2.75) is 26.2 Å². The van der Waals surface area contributed by atoms with Crippen LogP contribution < -0.4 is 10.6 Å². The molecule has 0 aliphatic carbocycles. The lowest BCUT2D eigenvalue weighted by Gasteiger charge is -2.32. The number of nitrogens with zero attached hydrogens (tertiary/aromatic N) is 2. The van der Waals surface area contributed by atoms with Crippen molar-refractivity contribution in [3.8, 4) is 0 Å². The van der Waals surface area contributed by atoms with Crippen molar-refractivity contribution in [1.82, 2.24) is 9.97 Å². The number of piperidine rings is 1. The number of imidazole rings is 1. The van der Waals surface area contributed by atoms with E-state index >= 15 is 0 Å². The lowest BCUT2D eigenvalue weighted by atomic mass is 9.99. The fourth-order valence-corrected chi connectivity index (χ4v) is 2.77. The number of fused-ring (bicyclic) bond motifs is 1. The largest absolute Gasteiger partial charge is 0.371 e. The summed E-state index contributed by atoms with van der Waals surface area (Å²) in [4.78, 5) is 10.4. The van der Waals surface area contributed by atoms with Crippen LogP contribution in [-0.2, 0) is 6.42 Å². The number of H-pyrrole nitrogens is 1. The first-order chi connectivity index (χ1) is 9.26. The van der Waals surface area contributed by atoms with Gasteiger partial charge < -0.3 is 15.6 Å². The molecule has 4 heteroatoms. The van der Waals surface area contributed by atoms with E-state index in [1.54, 1.807) is 0 Å². The summed E-state index contributed by atoms with van der Waals surface area (Å²) >= 11 is 0. The van der Waals surface area contributed by atoms with Gasteiger partial charge in [-0.25, -0.2) is 4.98 Å². The van der Waals surface area contributed by atoms with Gasteiger partial charge in [-0.15, -0.1) is 0 Å². The molecule has 2 heterocycles. The average Bonchev–Trinajstić information content (AvgIpc) is 2.81. The molecule has 19 heavy (non-hydrogen) atoms. The van der Waals surface area contributed by atoms with Gasteiger partial charge in [0.05, 0.1) is 11.0 Å². The van der Waals surface area contributed by atoms with E-state index in [0.29, 0.717) is 6.54 Å². The van der Waals surface area contributed by atoms with Crippen molar-refractivity contribution >= 4 is 16.7 Å². The summed E-state index contributed by atoms with van der Waals surface area (Å²) in [6.45, 7) is 5.30. The van der Waals surface area contributed by atoms with E-state index in [9.17, 15) is 0 Å². The van der Waals surface area contributed by atoms with Gasteiger partial charge in [-0.1, -0.05) is 6.92 Å². The molecular weight excluding hydrogens is 236 g/mol. The summed E-state index contributed by atoms with van der Waals surface area (Å²) < 4.78 is 0. The van der Waals surface area contributed by atoms with Gasteiger partial charge in [-0.2, -0.15) is 0 Å². The van der Waals surface area contributed by atoms with Crippen LogP contribution in [0.1, 0.15) is 25.6 Å². The van der Waals surface area contributed by atoms with Crippen molar-refractivity contribution < 1.29 is 0 Å². The Balaban J connectivity index is 1.84. The molecule has 2 aromatic rings. The van der Waals surface area contributed by atoms with E-state index < -0.39 is 0 Å². The second-order valence-electron chi connectivity index (χ2n) is 5.59. The zero-order valence-corrected chi connectivity index (χ0v) is 11.5. The summed E-state index contributed by atoms with van der Waals surface area (Å²) in [7, 11) is 0. The van der Waals surface area contributed by atoms with E-state index in [2.05, 4.69) is 40.0 Å². The number of aromatic amines is 1. The lowest BCUT2D eigenvalue weighted by molar-refractivity contribution is 0.438. The predicted octanol–water partition coefficient (Wildman–Crippen LogP) is 2.30. The first-order valence-electron chi connectivity index (χ1n) is 7.20. The minimum atomic E-state index is 0.636. The molecule has 1 aliphatic rings. The number of aromatic nitrogens is 2. The fourth-order valence-electron chi connectivity index (χ4n) is 2.77. The van der Waals surface area contributed by atoms with Crippen LogP contribution in [0.3, 0.4) is 0 Å². The smallest absolute Gasteiger partial charge is 0.108 e. The molecule has 0 spiro atoms. The molecule has 1 aromatic carbocycles. The van der Waals surface area contributed by atoms with Gasteiger partial charge >= 0.3 is 0 Å². The van der Waals surface area contributed by atoms with Crippen LogP contribution in [0, 0.1) is 5.92 Å². The number of nitrogens with one attached hydrogen (secondary N) is 1. The van der Waals surface area contributed by atoms with Gasteiger partial charge in [0.1, 0.15) is 5.82 Å². The molecule has 3 N–H and O–H groups in total. The minimum Gasteiger partial charge on any atom is -0.371 e. The lowest BCUT2D eigenvalue weighted by Crippen LogP contribution is -2.32. The Morgan fingerprint density at radius 1 is 1.37 bits per heavy atom. The zero-order chi connectivity index (χ0) is 13.2. The van der Waals surface area contributed by atoms with Crippen LogP contribution in [0.2, 0.25) is 0 Å². The van der Waals surface area contributed by atoms with Gasteiger partial charge in [0.15, 0.2) is 0 Å². The maximum absolute atomic E-state index is 5.57. The van der Waals surface area contributed by atoms with Crippen molar-refractivity contribution in [1.29, 1.82) is 0 Å². The quantitative estimate of drug-likeness (QED) is 0.888. The Morgan fingerprint density at radius 3 is 2.89 bits per heavy atom. The van der Waals surface area contributed by atoms with Gasteiger partial charge in [0.2, 0.25) is 0 Å². The molecule has 1 aromatic heterocycles. The minimum absolute atomic E-state index is 0.636. The molecule has 0 unspecified atom stereocenters. The number of anilines is 1. The fraction of sp³-hybridized carbons (Fsp3) is 0.533.